The first-order chi connectivity index (χ1) is 12.5. The molecule has 26 heavy (non-hydrogen) atoms. The molecular weight excluding hydrogens is 337 g/mol. The standard InChI is InChI=1S/C22H25F3O/c1-3-4-14-5-7-15(8-6-14)16-9-10-18(19(23)11-16)17-12-20(24)22(26-2)21(25)13-17/h9-15H,3-8H2,1-2H3. The average Bonchev–Trinajstić information content (AvgIpc) is 2.62. The number of methoxy groups -OCH3 is 1. The van der Waals surface area contributed by atoms with Gasteiger partial charge in [0, 0.05) is 5.56 Å². The zero-order valence-electron chi connectivity index (χ0n) is 15.3. The van der Waals surface area contributed by atoms with Crippen molar-refractivity contribution in [3.05, 3.63) is 53.3 Å². The summed E-state index contributed by atoms with van der Waals surface area (Å²) in [6, 6.07) is 7.26. The van der Waals surface area contributed by atoms with E-state index in [-0.39, 0.29) is 11.1 Å². The molecule has 3 rings (SSSR count). The molecular formula is C22H25F3O. The first-order valence-electron chi connectivity index (χ1n) is 9.36. The van der Waals surface area contributed by atoms with E-state index in [0.717, 1.165) is 36.5 Å². The number of benzene rings is 2. The number of hydrogen-bond acceptors (Lipinski definition) is 1. The highest BCUT2D eigenvalue weighted by atomic mass is 19.1. The van der Waals surface area contributed by atoms with Crippen LogP contribution in [0.4, 0.5) is 13.2 Å². The molecule has 1 fully saturated rings. The maximum atomic E-state index is 14.7. The van der Waals surface area contributed by atoms with Gasteiger partial charge >= 0.3 is 0 Å². The summed E-state index contributed by atoms with van der Waals surface area (Å²) < 4.78 is 47.2. The molecule has 1 aliphatic carbocycles. The van der Waals surface area contributed by atoms with Gasteiger partial charge in [0.15, 0.2) is 17.4 Å². The molecule has 0 spiro atoms. The zero-order valence-corrected chi connectivity index (χ0v) is 15.3. The van der Waals surface area contributed by atoms with E-state index < -0.39 is 23.2 Å². The van der Waals surface area contributed by atoms with Gasteiger partial charge in [-0.1, -0.05) is 31.9 Å². The quantitative estimate of drug-likeness (QED) is 0.565. The Hall–Kier alpha value is -1.97. The van der Waals surface area contributed by atoms with Crippen LogP contribution in [-0.2, 0) is 0 Å². The van der Waals surface area contributed by atoms with Crippen LogP contribution >= 0.6 is 0 Å². The largest absolute Gasteiger partial charge is 0.491 e. The van der Waals surface area contributed by atoms with Gasteiger partial charge in [0.1, 0.15) is 5.82 Å². The Bertz CT molecular complexity index is 741. The van der Waals surface area contributed by atoms with Crippen LogP contribution in [0.25, 0.3) is 11.1 Å². The minimum Gasteiger partial charge on any atom is -0.491 e. The highest BCUT2D eigenvalue weighted by Crippen LogP contribution is 2.39. The number of hydrogen-bond donors (Lipinski definition) is 0. The van der Waals surface area contributed by atoms with E-state index in [1.165, 1.54) is 38.9 Å². The summed E-state index contributed by atoms with van der Waals surface area (Å²) in [6.45, 7) is 2.21. The fourth-order valence-corrected chi connectivity index (χ4v) is 4.12. The van der Waals surface area contributed by atoms with Crippen molar-refractivity contribution in [1.29, 1.82) is 0 Å². The van der Waals surface area contributed by atoms with Gasteiger partial charge < -0.3 is 4.74 Å². The van der Waals surface area contributed by atoms with Crippen molar-refractivity contribution in [2.24, 2.45) is 5.92 Å². The Morgan fingerprint density at radius 3 is 2.12 bits per heavy atom. The molecule has 0 unspecified atom stereocenters. The molecule has 1 saturated carbocycles. The molecule has 0 heterocycles. The van der Waals surface area contributed by atoms with Gasteiger partial charge in [0.2, 0.25) is 0 Å². The van der Waals surface area contributed by atoms with E-state index in [0.29, 0.717) is 5.92 Å². The van der Waals surface area contributed by atoms with Crippen LogP contribution < -0.4 is 4.74 Å². The van der Waals surface area contributed by atoms with E-state index in [1.54, 1.807) is 6.07 Å². The second-order valence-electron chi connectivity index (χ2n) is 7.22. The van der Waals surface area contributed by atoms with Gasteiger partial charge in [-0.25, -0.2) is 13.2 Å². The smallest absolute Gasteiger partial charge is 0.190 e. The fourth-order valence-electron chi connectivity index (χ4n) is 4.12. The Morgan fingerprint density at radius 2 is 1.58 bits per heavy atom. The van der Waals surface area contributed by atoms with Crippen LogP contribution in [0.1, 0.15) is 56.9 Å². The molecule has 0 saturated heterocycles. The van der Waals surface area contributed by atoms with Crippen LogP contribution in [0.15, 0.2) is 30.3 Å². The molecule has 0 bridgehead atoms. The fraction of sp³-hybridized carbons (Fsp3) is 0.455. The molecule has 0 amide bonds. The Morgan fingerprint density at radius 1 is 0.923 bits per heavy atom. The first-order valence-corrected chi connectivity index (χ1v) is 9.36. The number of rotatable bonds is 5. The average molecular weight is 362 g/mol. The number of halogens is 3. The minimum atomic E-state index is -0.833. The van der Waals surface area contributed by atoms with E-state index >= 15 is 0 Å². The van der Waals surface area contributed by atoms with Crippen molar-refractivity contribution in [3.63, 3.8) is 0 Å². The summed E-state index contributed by atoms with van der Waals surface area (Å²) in [6.07, 6.45) is 7.03. The lowest BCUT2D eigenvalue weighted by Gasteiger charge is -2.28. The lowest BCUT2D eigenvalue weighted by atomic mass is 9.77. The predicted molar refractivity (Wildman–Crippen MR) is 97.9 cm³/mol. The van der Waals surface area contributed by atoms with Crippen molar-refractivity contribution in [2.45, 2.75) is 51.4 Å². The van der Waals surface area contributed by atoms with Crippen molar-refractivity contribution in [2.75, 3.05) is 7.11 Å². The Labute approximate surface area is 153 Å². The lowest BCUT2D eigenvalue weighted by Crippen LogP contribution is -2.13. The maximum absolute atomic E-state index is 14.7. The minimum absolute atomic E-state index is 0.177. The molecule has 2 aromatic rings. The molecule has 0 aromatic heterocycles. The van der Waals surface area contributed by atoms with E-state index in [2.05, 4.69) is 11.7 Å². The van der Waals surface area contributed by atoms with Crippen LogP contribution in [0.2, 0.25) is 0 Å². The molecule has 2 aromatic carbocycles. The third-order valence-corrected chi connectivity index (χ3v) is 5.52. The summed E-state index contributed by atoms with van der Waals surface area (Å²) >= 11 is 0. The van der Waals surface area contributed by atoms with Gasteiger partial charge in [-0.3, -0.25) is 0 Å². The Kier molecular flexibility index (Phi) is 5.90. The van der Waals surface area contributed by atoms with Crippen molar-refractivity contribution >= 4 is 0 Å². The van der Waals surface area contributed by atoms with Gasteiger partial charge in [-0.2, -0.15) is 0 Å². The highest BCUT2D eigenvalue weighted by Gasteiger charge is 2.23. The maximum Gasteiger partial charge on any atom is 0.190 e. The molecule has 1 nitrogen and oxygen atoms in total. The van der Waals surface area contributed by atoms with Crippen LogP contribution in [-0.4, -0.2) is 7.11 Å². The summed E-state index contributed by atoms with van der Waals surface area (Å²) in [4.78, 5) is 0. The van der Waals surface area contributed by atoms with Gasteiger partial charge in [0.25, 0.3) is 0 Å². The van der Waals surface area contributed by atoms with E-state index in [4.69, 9.17) is 0 Å². The molecule has 0 radical (unpaired) electrons. The summed E-state index contributed by atoms with van der Waals surface area (Å²) in [5, 5.41) is 0. The first kappa shape index (κ1) is 18.8. The molecule has 4 heteroatoms. The van der Waals surface area contributed by atoms with Gasteiger partial charge in [-0.05, 0) is 66.8 Å². The normalized spacial score (nSPS) is 20.2. The third kappa shape index (κ3) is 3.89. The van der Waals surface area contributed by atoms with Gasteiger partial charge in [-0.15, -0.1) is 0 Å². The summed E-state index contributed by atoms with van der Waals surface area (Å²) in [7, 11) is 1.20. The molecule has 0 aliphatic heterocycles. The van der Waals surface area contributed by atoms with Gasteiger partial charge in [0.05, 0.1) is 7.11 Å². The third-order valence-electron chi connectivity index (χ3n) is 5.52. The number of ether oxygens (including phenoxy) is 1. The zero-order chi connectivity index (χ0) is 18.7. The lowest BCUT2D eigenvalue weighted by molar-refractivity contribution is 0.308. The molecule has 1 aliphatic rings. The summed E-state index contributed by atoms with van der Waals surface area (Å²) in [5.41, 5.74) is 1.36. The highest BCUT2D eigenvalue weighted by molar-refractivity contribution is 5.66. The SMILES string of the molecule is CCCC1CCC(c2ccc(-c3cc(F)c(OC)c(F)c3)c(F)c2)CC1. The topological polar surface area (TPSA) is 9.23 Å². The second-order valence-corrected chi connectivity index (χ2v) is 7.22. The second kappa shape index (κ2) is 8.15. The monoisotopic (exact) mass is 362 g/mol. The van der Waals surface area contributed by atoms with E-state index in [1.807, 2.05) is 6.07 Å². The summed E-state index contributed by atoms with van der Waals surface area (Å²) in [5.74, 6) is -1.39. The molecule has 0 N–H and O–H groups in total. The van der Waals surface area contributed by atoms with Crippen LogP contribution in [0, 0.1) is 23.4 Å². The molecule has 0 atom stereocenters. The molecule has 140 valence electrons. The van der Waals surface area contributed by atoms with Crippen molar-refractivity contribution in [3.8, 4) is 16.9 Å². The van der Waals surface area contributed by atoms with E-state index in [9.17, 15) is 13.2 Å². The van der Waals surface area contributed by atoms with Crippen LogP contribution in [0.5, 0.6) is 5.75 Å². The Balaban J connectivity index is 1.80. The van der Waals surface area contributed by atoms with Crippen molar-refractivity contribution in [1.82, 2.24) is 0 Å². The van der Waals surface area contributed by atoms with Crippen LogP contribution in [0.3, 0.4) is 0 Å². The van der Waals surface area contributed by atoms with Crippen molar-refractivity contribution < 1.29 is 17.9 Å². The predicted octanol–water partition coefficient (Wildman–Crippen LogP) is 6.85.